The maximum atomic E-state index is 12.6. The van der Waals surface area contributed by atoms with Gasteiger partial charge in [-0.3, -0.25) is 4.79 Å². The van der Waals surface area contributed by atoms with Gasteiger partial charge in [-0.1, -0.05) is 24.2 Å². The van der Waals surface area contributed by atoms with Gasteiger partial charge < -0.3 is 14.4 Å². The third-order valence-corrected chi connectivity index (χ3v) is 5.03. The largest absolute Gasteiger partial charge is 0.360 e. The minimum Gasteiger partial charge on any atom is -0.360 e. The Morgan fingerprint density at radius 3 is 2.29 bits per heavy atom. The number of hydrogen-bond acceptors (Lipinski definition) is 7. The van der Waals surface area contributed by atoms with Crippen molar-refractivity contribution in [1.82, 2.24) is 15.0 Å². The molecule has 2 rings (SSSR count). The molecule has 0 aliphatic carbocycles. The average Bonchev–Trinajstić information content (AvgIpc) is 3.02. The van der Waals surface area contributed by atoms with E-state index in [1.807, 2.05) is 0 Å². The van der Waals surface area contributed by atoms with Crippen molar-refractivity contribution in [1.29, 1.82) is 0 Å². The van der Waals surface area contributed by atoms with Gasteiger partial charge in [0.1, 0.15) is 22.4 Å². The molecule has 0 saturated carbocycles. The van der Waals surface area contributed by atoms with Crippen molar-refractivity contribution in [2.24, 2.45) is 5.92 Å². The fourth-order valence-corrected chi connectivity index (χ4v) is 3.88. The summed E-state index contributed by atoms with van der Waals surface area (Å²) in [6, 6.07) is 0.540. The summed E-state index contributed by atoms with van der Waals surface area (Å²) in [4.78, 5) is 12.4. The predicted octanol–water partition coefficient (Wildman–Crippen LogP) is 1.53. The van der Waals surface area contributed by atoms with Gasteiger partial charge in [0.15, 0.2) is 11.6 Å². The molecule has 2 aromatic rings. The lowest BCUT2D eigenvalue weighted by molar-refractivity contribution is -0.118. The summed E-state index contributed by atoms with van der Waals surface area (Å²) in [6.45, 7) is 8.16. The first-order chi connectivity index (χ1) is 11.1. The Kier molecular flexibility index (Phi) is 5.09. The van der Waals surface area contributed by atoms with Crippen LogP contribution in [0.5, 0.6) is 0 Å². The Morgan fingerprint density at radius 2 is 1.83 bits per heavy atom. The lowest BCUT2D eigenvalue weighted by Crippen LogP contribution is -2.47. The number of hydrogen-bond donors (Lipinski definition) is 2. The normalized spacial score (nSPS) is 13.2. The first-order valence-electron chi connectivity index (χ1n) is 7.31. The molecule has 2 N–H and O–H groups in total. The van der Waals surface area contributed by atoms with Crippen LogP contribution in [0, 0.1) is 26.7 Å². The van der Waals surface area contributed by atoms with E-state index in [0.29, 0.717) is 5.76 Å². The smallest absolute Gasteiger partial charge is 0.246 e. The zero-order chi connectivity index (χ0) is 18.1. The summed E-state index contributed by atoms with van der Waals surface area (Å²) in [5, 5.41) is 9.83. The van der Waals surface area contributed by atoms with Gasteiger partial charge >= 0.3 is 0 Å². The molecule has 10 heteroatoms. The SMILES string of the molecule is Cc1cc(NC(=O)[C@@H](NS(=O)(=O)c2c(C)noc2C)C(C)C)no1. The van der Waals surface area contributed by atoms with Crippen LogP contribution < -0.4 is 10.0 Å². The highest BCUT2D eigenvalue weighted by atomic mass is 32.2. The number of nitrogens with one attached hydrogen (secondary N) is 2. The molecule has 0 radical (unpaired) electrons. The van der Waals surface area contributed by atoms with Crippen molar-refractivity contribution in [3.05, 3.63) is 23.3 Å². The number of sulfonamides is 1. The van der Waals surface area contributed by atoms with Gasteiger partial charge in [-0.25, -0.2) is 8.42 Å². The summed E-state index contributed by atoms with van der Waals surface area (Å²) in [7, 11) is -3.97. The number of aryl methyl sites for hydroxylation is 3. The maximum Gasteiger partial charge on any atom is 0.246 e. The minimum absolute atomic E-state index is 0.0572. The van der Waals surface area contributed by atoms with Crippen molar-refractivity contribution in [2.45, 2.75) is 45.6 Å². The number of nitrogens with zero attached hydrogens (tertiary/aromatic N) is 2. The van der Waals surface area contributed by atoms with Gasteiger partial charge in [0.2, 0.25) is 15.9 Å². The second kappa shape index (κ2) is 6.73. The number of carbonyl (C=O) groups excluding carboxylic acids is 1. The van der Waals surface area contributed by atoms with Gasteiger partial charge in [0.25, 0.3) is 0 Å². The molecule has 9 nitrogen and oxygen atoms in total. The number of carbonyl (C=O) groups is 1. The Morgan fingerprint density at radius 1 is 1.17 bits per heavy atom. The molecule has 2 heterocycles. The van der Waals surface area contributed by atoms with Gasteiger partial charge in [0, 0.05) is 6.07 Å². The molecule has 0 bridgehead atoms. The Hall–Kier alpha value is -2.20. The summed E-state index contributed by atoms with van der Waals surface area (Å²) in [6.07, 6.45) is 0. The molecule has 0 saturated heterocycles. The minimum atomic E-state index is -3.97. The van der Waals surface area contributed by atoms with Gasteiger partial charge in [-0.05, 0) is 26.7 Å². The van der Waals surface area contributed by atoms with Crippen molar-refractivity contribution in [3.63, 3.8) is 0 Å². The molecule has 0 spiro atoms. The van der Waals surface area contributed by atoms with E-state index in [0.717, 1.165) is 0 Å². The Balaban J connectivity index is 2.23. The highest BCUT2D eigenvalue weighted by molar-refractivity contribution is 7.89. The molecule has 0 aliphatic heterocycles. The van der Waals surface area contributed by atoms with E-state index >= 15 is 0 Å². The highest BCUT2D eigenvalue weighted by Gasteiger charge is 2.32. The van der Waals surface area contributed by atoms with Crippen LogP contribution in [-0.2, 0) is 14.8 Å². The standard InChI is InChI=1S/C14H20N4O5S/c1-7(2)12(14(19)15-11-6-8(3)22-17-11)18-24(20,21)13-9(4)16-23-10(13)5/h6-7,12,18H,1-5H3,(H,15,17,19)/t12-/m0/s1. The molecular weight excluding hydrogens is 336 g/mol. The second-order valence-corrected chi connectivity index (χ2v) is 7.46. The lowest BCUT2D eigenvalue weighted by Gasteiger charge is -2.20. The topological polar surface area (TPSA) is 127 Å². The third kappa shape index (κ3) is 3.82. The third-order valence-electron chi connectivity index (χ3n) is 3.35. The average molecular weight is 356 g/mol. The zero-order valence-electron chi connectivity index (χ0n) is 14.1. The molecule has 24 heavy (non-hydrogen) atoms. The van der Waals surface area contributed by atoms with Crippen LogP contribution in [0.25, 0.3) is 0 Å². The van der Waals surface area contributed by atoms with Crippen molar-refractivity contribution < 1.29 is 22.3 Å². The van der Waals surface area contributed by atoms with Crippen LogP contribution in [-0.4, -0.2) is 30.7 Å². The molecule has 132 valence electrons. The van der Waals surface area contributed by atoms with E-state index in [-0.39, 0.29) is 28.1 Å². The lowest BCUT2D eigenvalue weighted by atomic mass is 10.1. The van der Waals surface area contributed by atoms with Crippen molar-refractivity contribution in [2.75, 3.05) is 5.32 Å². The van der Waals surface area contributed by atoms with Crippen LogP contribution >= 0.6 is 0 Å². The first-order valence-corrected chi connectivity index (χ1v) is 8.79. The number of rotatable bonds is 6. The van der Waals surface area contributed by atoms with Crippen LogP contribution in [0.2, 0.25) is 0 Å². The van der Waals surface area contributed by atoms with Crippen LogP contribution in [0.3, 0.4) is 0 Å². The molecule has 0 fully saturated rings. The van der Waals surface area contributed by atoms with Crippen LogP contribution in [0.1, 0.15) is 31.1 Å². The quantitative estimate of drug-likeness (QED) is 0.803. The Bertz CT molecular complexity index is 818. The van der Waals surface area contributed by atoms with E-state index in [1.165, 1.54) is 19.9 Å². The highest BCUT2D eigenvalue weighted by Crippen LogP contribution is 2.20. The van der Waals surface area contributed by atoms with Gasteiger partial charge in [0.05, 0.1) is 0 Å². The van der Waals surface area contributed by atoms with E-state index in [9.17, 15) is 13.2 Å². The zero-order valence-corrected chi connectivity index (χ0v) is 14.9. The first kappa shape index (κ1) is 18.1. The molecular formula is C14H20N4O5S. The predicted molar refractivity (Wildman–Crippen MR) is 84.8 cm³/mol. The second-order valence-electron chi connectivity index (χ2n) is 5.81. The summed E-state index contributed by atoms with van der Waals surface area (Å²) in [5.41, 5.74) is 0.232. The molecule has 0 aliphatic rings. The molecule has 1 amide bonds. The molecule has 1 atom stereocenters. The fourth-order valence-electron chi connectivity index (χ4n) is 2.21. The van der Waals surface area contributed by atoms with E-state index in [2.05, 4.69) is 20.4 Å². The number of anilines is 1. The monoisotopic (exact) mass is 356 g/mol. The summed E-state index contributed by atoms with van der Waals surface area (Å²) < 4.78 is 37.3. The van der Waals surface area contributed by atoms with Crippen LogP contribution in [0.15, 0.2) is 20.0 Å². The molecule has 2 aromatic heterocycles. The summed E-state index contributed by atoms with van der Waals surface area (Å²) >= 11 is 0. The molecule has 0 unspecified atom stereocenters. The van der Waals surface area contributed by atoms with E-state index < -0.39 is 22.0 Å². The van der Waals surface area contributed by atoms with E-state index in [4.69, 9.17) is 9.05 Å². The van der Waals surface area contributed by atoms with Gasteiger partial charge in [-0.15, -0.1) is 0 Å². The van der Waals surface area contributed by atoms with Crippen molar-refractivity contribution in [3.8, 4) is 0 Å². The maximum absolute atomic E-state index is 12.6. The number of aromatic nitrogens is 2. The van der Waals surface area contributed by atoms with E-state index in [1.54, 1.807) is 20.8 Å². The molecule has 0 aromatic carbocycles. The van der Waals surface area contributed by atoms with Crippen LogP contribution in [0.4, 0.5) is 5.82 Å². The Labute approximate surface area is 139 Å². The summed E-state index contributed by atoms with van der Waals surface area (Å²) in [5.74, 6) is 0.0827. The van der Waals surface area contributed by atoms with Gasteiger partial charge in [-0.2, -0.15) is 4.72 Å². The number of amides is 1. The fraction of sp³-hybridized carbons (Fsp3) is 0.500. The van der Waals surface area contributed by atoms with Crippen molar-refractivity contribution >= 4 is 21.7 Å².